The van der Waals surface area contributed by atoms with Crippen LogP contribution in [0.1, 0.15) is 49.7 Å². The van der Waals surface area contributed by atoms with Gasteiger partial charge in [0.1, 0.15) is 11.3 Å². The molecule has 2 aromatic carbocycles. The molecule has 0 spiro atoms. The van der Waals surface area contributed by atoms with Gasteiger partial charge in [0.25, 0.3) is 0 Å². The number of hydrogen-bond acceptors (Lipinski definition) is 5. The number of hydrogen-bond donors (Lipinski definition) is 1. The highest BCUT2D eigenvalue weighted by Gasteiger charge is 2.60. The van der Waals surface area contributed by atoms with E-state index in [4.69, 9.17) is 9.47 Å². The zero-order chi connectivity index (χ0) is 23.8. The van der Waals surface area contributed by atoms with Gasteiger partial charge in [0, 0.05) is 6.42 Å². The van der Waals surface area contributed by atoms with Gasteiger partial charge in [-0.15, -0.1) is 0 Å². The molecule has 6 nitrogen and oxygen atoms in total. The summed E-state index contributed by atoms with van der Waals surface area (Å²) in [6.45, 7) is 2.20. The number of nitrogens with zero attached hydrogens (tertiary/aromatic N) is 1. The average Bonchev–Trinajstić information content (AvgIpc) is 2.84. The number of aryl methyl sites for hydroxylation is 2. The molecule has 2 atom stereocenters. The third kappa shape index (κ3) is 5.44. The van der Waals surface area contributed by atoms with E-state index in [0.717, 1.165) is 56.5 Å². The number of carboxylic acid groups (broad SMARTS) is 1. The zero-order valence-electron chi connectivity index (χ0n) is 19.8. The summed E-state index contributed by atoms with van der Waals surface area (Å²) in [7, 11) is 0. The van der Waals surface area contributed by atoms with Crippen molar-refractivity contribution in [3.05, 3.63) is 65.7 Å². The van der Waals surface area contributed by atoms with Gasteiger partial charge in [0.05, 0.1) is 19.1 Å². The Morgan fingerprint density at radius 2 is 1.68 bits per heavy atom. The molecule has 2 aromatic rings. The van der Waals surface area contributed by atoms with E-state index in [1.807, 2.05) is 24.3 Å². The van der Waals surface area contributed by atoms with E-state index in [9.17, 15) is 14.7 Å². The standard InChI is InChI=1S/C28H35NO5/c30-26(31)24-16-17-28(24,29-18-7-2-8-19-29)27(32)34-21-9-20-33-25-13-6-5-12-23(25)15-14-22-10-3-1-4-11-22/h1,3-6,10-13,24H,2,7-9,14-21H2,(H,30,31). The van der Waals surface area contributed by atoms with Crippen molar-refractivity contribution in [2.45, 2.75) is 56.9 Å². The fourth-order valence-corrected chi connectivity index (χ4v) is 5.24. The van der Waals surface area contributed by atoms with Gasteiger partial charge in [-0.2, -0.15) is 0 Å². The van der Waals surface area contributed by atoms with Crippen LogP contribution >= 0.6 is 0 Å². The van der Waals surface area contributed by atoms with Crippen LogP contribution in [0.2, 0.25) is 0 Å². The van der Waals surface area contributed by atoms with Crippen LogP contribution in [0.4, 0.5) is 0 Å². The average molecular weight is 466 g/mol. The second-order valence-corrected chi connectivity index (χ2v) is 9.33. The molecule has 2 unspecified atom stereocenters. The van der Waals surface area contributed by atoms with Crippen LogP contribution in [0.25, 0.3) is 0 Å². The SMILES string of the molecule is O=C(O)C1CCC1(C(=O)OCCCOc1ccccc1CCc1ccccc1)N1CCCCC1. The Morgan fingerprint density at radius 3 is 2.38 bits per heavy atom. The Kier molecular flexibility index (Phi) is 8.22. The second kappa shape index (κ2) is 11.5. The summed E-state index contributed by atoms with van der Waals surface area (Å²) in [5, 5.41) is 9.67. The molecule has 4 rings (SSSR count). The van der Waals surface area contributed by atoms with Crippen molar-refractivity contribution < 1.29 is 24.2 Å². The van der Waals surface area contributed by atoms with Crippen molar-refractivity contribution in [2.75, 3.05) is 26.3 Å². The van der Waals surface area contributed by atoms with E-state index in [0.29, 0.717) is 25.9 Å². The van der Waals surface area contributed by atoms with Crippen LogP contribution in [0.3, 0.4) is 0 Å². The summed E-state index contributed by atoms with van der Waals surface area (Å²) in [5.74, 6) is -1.09. The zero-order valence-corrected chi connectivity index (χ0v) is 19.8. The lowest BCUT2D eigenvalue weighted by Crippen LogP contribution is -2.68. The van der Waals surface area contributed by atoms with Gasteiger partial charge < -0.3 is 14.6 Å². The van der Waals surface area contributed by atoms with E-state index in [2.05, 4.69) is 35.2 Å². The van der Waals surface area contributed by atoms with Gasteiger partial charge in [0.2, 0.25) is 0 Å². The Hall–Kier alpha value is -2.86. The van der Waals surface area contributed by atoms with Crippen molar-refractivity contribution >= 4 is 11.9 Å². The minimum Gasteiger partial charge on any atom is -0.493 e. The number of benzene rings is 2. The van der Waals surface area contributed by atoms with Crippen LogP contribution in [-0.2, 0) is 27.2 Å². The number of esters is 1. The molecule has 1 N–H and O–H groups in total. The lowest BCUT2D eigenvalue weighted by molar-refractivity contribution is -0.184. The predicted molar refractivity (Wildman–Crippen MR) is 130 cm³/mol. The molecular weight excluding hydrogens is 430 g/mol. The summed E-state index contributed by atoms with van der Waals surface area (Å²) in [5.41, 5.74) is 1.46. The van der Waals surface area contributed by atoms with Crippen molar-refractivity contribution in [1.29, 1.82) is 0 Å². The number of carbonyl (C=O) groups excluding carboxylic acids is 1. The third-order valence-electron chi connectivity index (χ3n) is 7.24. The predicted octanol–water partition coefficient (Wildman–Crippen LogP) is 4.50. The highest BCUT2D eigenvalue weighted by molar-refractivity contribution is 5.90. The van der Waals surface area contributed by atoms with Crippen molar-refractivity contribution in [1.82, 2.24) is 4.90 Å². The Balaban J connectivity index is 1.26. The number of likely N-dealkylation sites (tertiary alicyclic amines) is 1. The van der Waals surface area contributed by atoms with Gasteiger partial charge >= 0.3 is 11.9 Å². The first kappa shape index (κ1) is 24.3. The maximum atomic E-state index is 13.1. The molecule has 0 aromatic heterocycles. The summed E-state index contributed by atoms with van der Waals surface area (Å²) in [4.78, 5) is 27.0. The van der Waals surface area contributed by atoms with E-state index in [1.54, 1.807) is 0 Å². The Bertz CT molecular complexity index is 956. The monoisotopic (exact) mass is 465 g/mol. The number of para-hydroxylation sites is 1. The Labute approximate surface area is 201 Å². The third-order valence-corrected chi connectivity index (χ3v) is 7.24. The summed E-state index contributed by atoms with van der Waals surface area (Å²) >= 11 is 0. The number of piperidine rings is 1. The van der Waals surface area contributed by atoms with E-state index < -0.39 is 17.4 Å². The van der Waals surface area contributed by atoms with Gasteiger partial charge in [-0.3, -0.25) is 14.5 Å². The first-order valence-corrected chi connectivity index (χ1v) is 12.5. The highest BCUT2D eigenvalue weighted by Crippen LogP contribution is 2.45. The molecule has 1 aliphatic carbocycles. The number of rotatable bonds is 11. The molecule has 0 radical (unpaired) electrons. The molecule has 182 valence electrons. The molecule has 0 bridgehead atoms. The van der Waals surface area contributed by atoms with Crippen molar-refractivity contribution in [3.8, 4) is 5.75 Å². The van der Waals surface area contributed by atoms with E-state index in [1.165, 1.54) is 5.56 Å². The molecule has 2 fully saturated rings. The normalized spacial score (nSPS) is 22.5. The maximum Gasteiger partial charge on any atom is 0.327 e. The van der Waals surface area contributed by atoms with Gasteiger partial charge in [0.15, 0.2) is 0 Å². The fraction of sp³-hybridized carbons (Fsp3) is 0.500. The molecule has 1 heterocycles. The largest absolute Gasteiger partial charge is 0.493 e. The van der Waals surface area contributed by atoms with Crippen molar-refractivity contribution in [3.63, 3.8) is 0 Å². The molecule has 34 heavy (non-hydrogen) atoms. The lowest BCUT2D eigenvalue weighted by atomic mass is 9.64. The maximum absolute atomic E-state index is 13.1. The summed E-state index contributed by atoms with van der Waals surface area (Å²) in [6, 6.07) is 18.4. The van der Waals surface area contributed by atoms with Gasteiger partial charge in [-0.1, -0.05) is 55.0 Å². The number of ether oxygens (including phenoxy) is 2. The Morgan fingerprint density at radius 1 is 0.941 bits per heavy atom. The molecule has 1 aliphatic heterocycles. The second-order valence-electron chi connectivity index (χ2n) is 9.33. The molecule has 0 amide bonds. The van der Waals surface area contributed by atoms with Crippen molar-refractivity contribution in [2.24, 2.45) is 5.92 Å². The topological polar surface area (TPSA) is 76.1 Å². The number of carboxylic acids is 1. The summed E-state index contributed by atoms with van der Waals surface area (Å²) in [6.07, 6.45) is 6.62. The van der Waals surface area contributed by atoms with Crippen LogP contribution in [-0.4, -0.2) is 53.8 Å². The van der Waals surface area contributed by atoms with Crippen LogP contribution in [0.15, 0.2) is 54.6 Å². The van der Waals surface area contributed by atoms with Gasteiger partial charge in [-0.25, -0.2) is 0 Å². The fourth-order valence-electron chi connectivity index (χ4n) is 5.24. The first-order valence-electron chi connectivity index (χ1n) is 12.5. The van der Waals surface area contributed by atoms with E-state index >= 15 is 0 Å². The highest BCUT2D eigenvalue weighted by atomic mass is 16.5. The van der Waals surface area contributed by atoms with Crippen LogP contribution < -0.4 is 4.74 Å². The molecule has 1 saturated heterocycles. The van der Waals surface area contributed by atoms with Gasteiger partial charge in [-0.05, 0) is 68.8 Å². The molecular formula is C28H35NO5. The lowest BCUT2D eigenvalue weighted by Gasteiger charge is -2.52. The van der Waals surface area contributed by atoms with Crippen LogP contribution in [0, 0.1) is 5.92 Å². The first-order chi connectivity index (χ1) is 16.6. The number of aliphatic carboxylic acids is 1. The smallest absolute Gasteiger partial charge is 0.327 e. The molecule has 6 heteroatoms. The quantitative estimate of drug-likeness (QED) is 0.389. The minimum atomic E-state index is -0.989. The minimum absolute atomic E-state index is 0.229. The number of carbonyl (C=O) groups is 2. The molecule has 2 aliphatic rings. The molecule has 1 saturated carbocycles. The summed E-state index contributed by atoms with van der Waals surface area (Å²) < 4.78 is 11.6. The van der Waals surface area contributed by atoms with Crippen LogP contribution in [0.5, 0.6) is 5.75 Å². The van der Waals surface area contributed by atoms with E-state index in [-0.39, 0.29) is 12.6 Å².